The summed E-state index contributed by atoms with van der Waals surface area (Å²) in [6.07, 6.45) is 0. The average molecular weight is 424 g/mol. The number of carbonyl (C=O) groups is 3. The summed E-state index contributed by atoms with van der Waals surface area (Å²) in [7, 11) is 0. The number of amides is 3. The standard InChI is InChI=1S/C19H19ClFN3O3S/c1-12(25)22-11-14-3-5-17(28-14)19(27)24-8-6-23(7-9-24)18(26)15-4-2-13(21)10-16(15)20/h2-5,10H,6-9,11H2,1H3,(H,22,25). The van der Waals surface area contributed by atoms with Gasteiger partial charge in [0.05, 0.1) is 22.0 Å². The molecule has 9 heteroatoms. The van der Waals surface area contributed by atoms with Gasteiger partial charge in [0.1, 0.15) is 5.82 Å². The maximum Gasteiger partial charge on any atom is 0.264 e. The molecule has 2 heterocycles. The Labute approximate surface area is 170 Å². The summed E-state index contributed by atoms with van der Waals surface area (Å²) in [5, 5.41) is 2.78. The van der Waals surface area contributed by atoms with Gasteiger partial charge in [-0.15, -0.1) is 11.3 Å². The monoisotopic (exact) mass is 423 g/mol. The zero-order chi connectivity index (χ0) is 20.3. The van der Waals surface area contributed by atoms with Gasteiger partial charge in [0.2, 0.25) is 5.91 Å². The van der Waals surface area contributed by atoms with Crippen LogP contribution in [0.4, 0.5) is 4.39 Å². The Hall–Kier alpha value is -2.45. The molecule has 0 spiro atoms. The Morgan fingerprint density at radius 3 is 2.32 bits per heavy atom. The highest BCUT2D eigenvalue weighted by molar-refractivity contribution is 7.14. The fourth-order valence-electron chi connectivity index (χ4n) is 2.90. The molecule has 1 aromatic carbocycles. The normalized spacial score (nSPS) is 14.1. The topological polar surface area (TPSA) is 69.7 Å². The highest BCUT2D eigenvalue weighted by Gasteiger charge is 2.27. The van der Waals surface area contributed by atoms with Gasteiger partial charge in [-0.05, 0) is 30.3 Å². The lowest BCUT2D eigenvalue weighted by molar-refractivity contribution is -0.119. The van der Waals surface area contributed by atoms with Crippen molar-refractivity contribution in [1.82, 2.24) is 15.1 Å². The molecule has 1 aliphatic rings. The number of hydrogen-bond donors (Lipinski definition) is 1. The molecule has 28 heavy (non-hydrogen) atoms. The number of benzene rings is 1. The van der Waals surface area contributed by atoms with E-state index in [1.165, 1.54) is 30.4 Å². The Balaban J connectivity index is 1.58. The van der Waals surface area contributed by atoms with Crippen LogP contribution in [-0.4, -0.2) is 53.7 Å². The van der Waals surface area contributed by atoms with Crippen molar-refractivity contribution in [3.8, 4) is 0 Å². The summed E-state index contributed by atoms with van der Waals surface area (Å²) in [5.74, 6) is -0.981. The lowest BCUT2D eigenvalue weighted by atomic mass is 10.1. The number of nitrogens with one attached hydrogen (secondary N) is 1. The average Bonchev–Trinajstić information content (AvgIpc) is 3.14. The van der Waals surface area contributed by atoms with Crippen LogP contribution in [0, 0.1) is 5.82 Å². The maximum absolute atomic E-state index is 13.2. The molecule has 0 aliphatic carbocycles. The zero-order valence-electron chi connectivity index (χ0n) is 15.2. The van der Waals surface area contributed by atoms with Gasteiger partial charge in [-0.3, -0.25) is 14.4 Å². The van der Waals surface area contributed by atoms with E-state index in [-0.39, 0.29) is 28.3 Å². The lowest BCUT2D eigenvalue weighted by Crippen LogP contribution is -2.50. The van der Waals surface area contributed by atoms with Crippen molar-refractivity contribution < 1.29 is 18.8 Å². The van der Waals surface area contributed by atoms with Crippen LogP contribution in [0.2, 0.25) is 5.02 Å². The molecular weight excluding hydrogens is 405 g/mol. The molecule has 0 atom stereocenters. The van der Waals surface area contributed by atoms with Crippen LogP contribution in [0.3, 0.4) is 0 Å². The fourth-order valence-corrected chi connectivity index (χ4v) is 4.06. The van der Waals surface area contributed by atoms with Crippen LogP contribution < -0.4 is 5.32 Å². The number of thiophene rings is 1. The molecule has 1 aliphatic heterocycles. The highest BCUT2D eigenvalue weighted by Crippen LogP contribution is 2.22. The van der Waals surface area contributed by atoms with Crippen LogP contribution >= 0.6 is 22.9 Å². The lowest BCUT2D eigenvalue weighted by Gasteiger charge is -2.34. The van der Waals surface area contributed by atoms with Gasteiger partial charge in [0.15, 0.2) is 0 Å². The van der Waals surface area contributed by atoms with E-state index < -0.39 is 5.82 Å². The molecule has 3 amide bonds. The number of nitrogens with zero attached hydrogens (tertiary/aromatic N) is 2. The largest absolute Gasteiger partial charge is 0.351 e. The van der Waals surface area contributed by atoms with Gasteiger partial charge in [-0.25, -0.2) is 4.39 Å². The Bertz CT molecular complexity index is 910. The number of hydrogen-bond acceptors (Lipinski definition) is 4. The Morgan fingerprint density at radius 1 is 1.07 bits per heavy atom. The van der Waals surface area contributed by atoms with E-state index in [0.717, 1.165) is 10.9 Å². The zero-order valence-corrected chi connectivity index (χ0v) is 16.8. The summed E-state index contributed by atoms with van der Waals surface area (Å²) in [6.45, 7) is 3.41. The SMILES string of the molecule is CC(=O)NCc1ccc(C(=O)N2CCN(C(=O)c3ccc(F)cc3Cl)CC2)s1. The minimum Gasteiger partial charge on any atom is -0.351 e. The van der Waals surface area contributed by atoms with E-state index in [0.29, 0.717) is 37.6 Å². The summed E-state index contributed by atoms with van der Waals surface area (Å²) >= 11 is 7.32. The van der Waals surface area contributed by atoms with Crippen molar-refractivity contribution in [3.05, 3.63) is 56.5 Å². The molecule has 148 valence electrons. The van der Waals surface area contributed by atoms with E-state index >= 15 is 0 Å². The fraction of sp³-hybridized carbons (Fsp3) is 0.316. The smallest absolute Gasteiger partial charge is 0.264 e. The Kier molecular flexibility index (Phi) is 6.31. The second kappa shape index (κ2) is 8.70. The summed E-state index contributed by atoms with van der Waals surface area (Å²) in [4.78, 5) is 41.1. The van der Waals surface area contributed by atoms with Gasteiger partial charge >= 0.3 is 0 Å². The first-order valence-electron chi connectivity index (χ1n) is 8.72. The van der Waals surface area contributed by atoms with Gasteiger partial charge < -0.3 is 15.1 Å². The highest BCUT2D eigenvalue weighted by atomic mass is 35.5. The first kappa shape index (κ1) is 20.3. The first-order chi connectivity index (χ1) is 13.3. The van der Waals surface area contributed by atoms with Gasteiger partial charge in [-0.2, -0.15) is 0 Å². The van der Waals surface area contributed by atoms with Crippen molar-refractivity contribution >= 4 is 40.7 Å². The van der Waals surface area contributed by atoms with Crippen molar-refractivity contribution in [2.45, 2.75) is 13.5 Å². The van der Waals surface area contributed by atoms with Crippen LogP contribution in [0.25, 0.3) is 0 Å². The predicted octanol–water partition coefficient (Wildman–Crippen LogP) is 2.77. The van der Waals surface area contributed by atoms with Crippen molar-refractivity contribution in [2.75, 3.05) is 26.2 Å². The van der Waals surface area contributed by atoms with Crippen molar-refractivity contribution in [2.24, 2.45) is 0 Å². The third-order valence-electron chi connectivity index (χ3n) is 4.40. The van der Waals surface area contributed by atoms with Gasteiger partial charge in [0.25, 0.3) is 11.8 Å². The molecule has 3 rings (SSSR count). The minimum atomic E-state index is -0.495. The second-order valence-electron chi connectivity index (χ2n) is 6.38. The van der Waals surface area contributed by atoms with Crippen LogP contribution in [0.5, 0.6) is 0 Å². The molecule has 0 saturated carbocycles. The second-order valence-corrected chi connectivity index (χ2v) is 7.96. The number of piperazine rings is 1. The van der Waals surface area contributed by atoms with Crippen LogP contribution in [0.15, 0.2) is 30.3 Å². The van der Waals surface area contributed by atoms with Gasteiger partial charge in [0, 0.05) is 38.0 Å². The van der Waals surface area contributed by atoms with Crippen molar-refractivity contribution in [1.29, 1.82) is 0 Å². The number of halogens is 2. The number of rotatable bonds is 4. The maximum atomic E-state index is 13.2. The van der Waals surface area contributed by atoms with E-state index in [2.05, 4.69) is 5.32 Å². The molecule has 1 N–H and O–H groups in total. The van der Waals surface area contributed by atoms with Crippen LogP contribution in [0.1, 0.15) is 31.8 Å². The van der Waals surface area contributed by atoms with E-state index in [1.807, 2.05) is 6.07 Å². The molecular formula is C19H19ClFN3O3S. The van der Waals surface area contributed by atoms with Gasteiger partial charge in [-0.1, -0.05) is 11.6 Å². The third kappa shape index (κ3) is 4.69. The van der Waals surface area contributed by atoms with E-state index in [9.17, 15) is 18.8 Å². The van der Waals surface area contributed by atoms with Crippen LogP contribution in [-0.2, 0) is 11.3 Å². The third-order valence-corrected chi connectivity index (χ3v) is 5.79. The summed E-state index contributed by atoms with van der Waals surface area (Å²) in [6, 6.07) is 7.27. The molecule has 6 nitrogen and oxygen atoms in total. The quantitative estimate of drug-likeness (QED) is 0.822. The van der Waals surface area contributed by atoms with E-state index in [4.69, 9.17) is 11.6 Å². The minimum absolute atomic E-state index is 0.0776. The first-order valence-corrected chi connectivity index (χ1v) is 9.91. The number of carbonyl (C=O) groups excluding carboxylic acids is 3. The summed E-state index contributed by atoms with van der Waals surface area (Å²) in [5.41, 5.74) is 0.253. The van der Waals surface area contributed by atoms with E-state index in [1.54, 1.807) is 15.9 Å². The predicted molar refractivity (Wildman–Crippen MR) is 105 cm³/mol. The summed E-state index contributed by atoms with van der Waals surface area (Å²) < 4.78 is 13.2. The van der Waals surface area contributed by atoms with Crippen molar-refractivity contribution in [3.63, 3.8) is 0 Å². The molecule has 1 fully saturated rings. The Morgan fingerprint density at radius 2 is 1.71 bits per heavy atom. The molecule has 2 aromatic rings. The molecule has 0 radical (unpaired) electrons. The molecule has 0 unspecified atom stereocenters. The molecule has 1 aromatic heterocycles. The molecule has 0 bridgehead atoms. The molecule has 1 saturated heterocycles.